The van der Waals surface area contributed by atoms with Gasteiger partial charge in [-0.2, -0.15) is 4.98 Å². The van der Waals surface area contributed by atoms with Gasteiger partial charge in [-0.25, -0.2) is 15.0 Å². The Morgan fingerprint density at radius 1 is 1.04 bits per heavy atom. The maximum absolute atomic E-state index is 13.4. The number of methoxy groups -OCH3 is 1. The predicted octanol–water partition coefficient (Wildman–Crippen LogP) is 5.36. The lowest BCUT2D eigenvalue weighted by molar-refractivity contribution is 0.150. The molecule has 0 aliphatic carbocycles. The van der Waals surface area contributed by atoms with E-state index >= 15 is 0 Å². The van der Waals surface area contributed by atoms with E-state index in [4.69, 9.17) is 9.72 Å². The zero-order valence-corrected chi connectivity index (χ0v) is 28.8. The molecule has 6 rings (SSSR count). The minimum absolute atomic E-state index is 0.402. The summed E-state index contributed by atoms with van der Waals surface area (Å²) in [6.45, 7) is 12.2. The SMILES string of the molecule is CCc1cc(Nc2ncc(Br)c(Nc3cnc4ncccc4c3P(C)(C)=O)n2)c(OC)cc1N1CCC(N2CCNCC2)CC1. The fourth-order valence-corrected chi connectivity index (χ4v) is 8.17. The van der Waals surface area contributed by atoms with Crippen LogP contribution >= 0.6 is 23.1 Å². The number of halogens is 1. The second kappa shape index (κ2) is 13.6. The normalized spacial score (nSPS) is 16.6. The van der Waals surface area contributed by atoms with Crippen molar-refractivity contribution in [2.24, 2.45) is 0 Å². The second-order valence-electron chi connectivity index (χ2n) is 11.9. The lowest BCUT2D eigenvalue weighted by atomic mass is 9.99. The third-order valence-corrected chi connectivity index (χ3v) is 10.8. The molecule has 1 aromatic carbocycles. The van der Waals surface area contributed by atoms with E-state index in [1.54, 1.807) is 39.0 Å². The van der Waals surface area contributed by atoms with Gasteiger partial charge in [0.25, 0.3) is 0 Å². The lowest BCUT2D eigenvalue weighted by Gasteiger charge is -2.41. The van der Waals surface area contributed by atoms with Gasteiger partial charge in [0.05, 0.1) is 29.2 Å². The number of aromatic nitrogens is 4. The predicted molar refractivity (Wildman–Crippen MR) is 187 cm³/mol. The van der Waals surface area contributed by atoms with Crippen LogP contribution in [0.5, 0.6) is 5.75 Å². The minimum atomic E-state index is -2.71. The van der Waals surface area contributed by atoms with Crippen LogP contribution in [0.15, 0.2) is 47.3 Å². The molecule has 3 aromatic heterocycles. The summed E-state index contributed by atoms with van der Waals surface area (Å²) in [5, 5.41) is 11.6. The van der Waals surface area contributed by atoms with Crippen LogP contribution in [-0.2, 0) is 11.0 Å². The Morgan fingerprint density at radius 3 is 2.53 bits per heavy atom. The number of piperidine rings is 1. The number of rotatable bonds is 9. The Morgan fingerprint density at radius 2 is 1.82 bits per heavy atom. The molecule has 5 heterocycles. The van der Waals surface area contributed by atoms with Crippen molar-refractivity contribution in [3.8, 4) is 5.75 Å². The van der Waals surface area contributed by atoms with Crippen LogP contribution in [0, 0.1) is 0 Å². The first-order valence-electron chi connectivity index (χ1n) is 15.5. The maximum Gasteiger partial charge on any atom is 0.229 e. The van der Waals surface area contributed by atoms with Gasteiger partial charge in [-0.3, -0.25) is 4.90 Å². The van der Waals surface area contributed by atoms with Gasteiger partial charge in [0.2, 0.25) is 5.95 Å². The average molecular weight is 695 g/mol. The highest BCUT2D eigenvalue weighted by molar-refractivity contribution is 9.10. The van der Waals surface area contributed by atoms with Gasteiger partial charge in [0, 0.05) is 80.1 Å². The molecule has 238 valence electrons. The Bertz CT molecular complexity index is 1720. The number of hydrogen-bond acceptors (Lipinski definition) is 11. The number of anilines is 5. The molecule has 0 bridgehead atoms. The summed E-state index contributed by atoms with van der Waals surface area (Å²) < 4.78 is 20.0. The summed E-state index contributed by atoms with van der Waals surface area (Å²) in [4.78, 5) is 23.3. The number of aryl methyl sites for hydroxylation is 1. The quantitative estimate of drug-likeness (QED) is 0.197. The Kier molecular flexibility index (Phi) is 9.56. The van der Waals surface area contributed by atoms with Crippen LogP contribution in [0.4, 0.5) is 28.8 Å². The number of pyridine rings is 2. The number of benzene rings is 1. The number of nitrogens with zero attached hydrogens (tertiary/aromatic N) is 6. The highest BCUT2D eigenvalue weighted by Crippen LogP contribution is 2.41. The zero-order valence-electron chi connectivity index (χ0n) is 26.3. The van der Waals surface area contributed by atoms with E-state index in [2.05, 4.69) is 75.7 Å². The summed E-state index contributed by atoms with van der Waals surface area (Å²) in [6.07, 6.45) is 8.26. The third-order valence-electron chi connectivity index (χ3n) is 8.65. The minimum Gasteiger partial charge on any atom is -0.494 e. The molecule has 0 radical (unpaired) electrons. The highest BCUT2D eigenvalue weighted by atomic mass is 79.9. The molecule has 0 saturated carbocycles. The second-order valence-corrected chi connectivity index (χ2v) is 15.9. The van der Waals surface area contributed by atoms with E-state index in [0.29, 0.717) is 38.9 Å². The van der Waals surface area contributed by atoms with Crippen molar-refractivity contribution in [3.63, 3.8) is 0 Å². The van der Waals surface area contributed by atoms with Crippen molar-refractivity contribution >= 4 is 68.2 Å². The Balaban J connectivity index is 1.24. The summed E-state index contributed by atoms with van der Waals surface area (Å²) in [6, 6.07) is 8.68. The standard InChI is InChI=1S/C32H41BrN9O2P/c1-5-21-17-25(28(44-2)18-27(21)42-13-8-22(9-14-42)41-15-11-34-12-16-41)39-32-37-19-24(33)31(40-32)38-26-20-36-30-23(7-6-10-35-30)29(26)45(3,4)43/h6-7,10,17-20,22,34H,5,8-9,11-16H2,1-4H3,(H2,37,38,39,40). The van der Waals surface area contributed by atoms with Gasteiger partial charge in [-0.1, -0.05) is 6.92 Å². The summed E-state index contributed by atoms with van der Waals surface area (Å²) in [5.41, 5.74) is 4.44. The van der Waals surface area contributed by atoms with Crippen LogP contribution < -0.4 is 30.9 Å². The van der Waals surface area contributed by atoms with Crippen LogP contribution in [0.3, 0.4) is 0 Å². The molecule has 0 atom stereocenters. The first-order valence-corrected chi connectivity index (χ1v) is 18.9. The molecule has 2 saturated heterocycles. The molecule has 0 unspecified atom stereocenters. The van der Waals surface area contributed by atoms with Gasteiger partial charge >= 0.3 is 0 Å². The fourth-order valence-electron chi connectivity index (χ4n) is 6.43. The molecule has 0 spiro atoms. The molecule has 4 aromatic rings. The van der Waals surface area contributed by atoms with E-state index < -0.39 is 7.14 Å². The Hall–Kier alpha value is -3.31. The van der Waals surface area contributed by atoms with Crippen molar-refractivity contribution in [2.45, 2.75) is 32.2 Å². The Labute approximate surface area is 273 Å². The van der Waals surface area contributed by atoms with E-state index in [-0.39, 0.29) is 0 Å². The van der Waals surface area contributed by atoms with Gasteiger partial charge in [-0.15, -0.1) is 0 Å². The van der Waals surface area contributed by atoms with E-state index in [1.165, 1.54) is 24.1 Å². The lowest BCUT2D eigenvalue weighted by Crippen LogP contribution is -2.52. The molecular formula is C32H41BrN9O2P. The smallest absolute Gasteiger partial charge is 0.229 e. The number of nitrogens with one attached hydrogen (secondary N) is 3. The van der Waals surface area contributed by atoms with Crippen LogP contribution in [-0.4, -0.2) is 90.6 Å². The van der Waals surface area contributed by atoms with Gasteiger partial charge in [-0.05, 0) is 72.3 Å². The molecule has 2 fully saturated rings. The van der Waals surface area contributed by atoms with Crippen molar-refractivity contribution in [3.05, 3.63) is 52.9 Å². The molecule has 45 heavy (non-hydrogen) atoms. The number of hydrogen-bond donors (Lipinski definition) is 3. The fraction of sp³-hybridized carbons (Fsp3) is 0.438. The molecule has 2 aliphatic heterocycles. The van der Waals surface area contributed by atoms with Crippen LogP contribution in [0.2, 0.25) is 0 Å². The summed E-state index contributed by atoms with van der Waals surface area (Å²) in [5.74, 6) is 1.66. The first kappa shape index (κ1) is 31.7. The summed E-state index contributed by atoms with van der Waals surface area (Å²) in [7, 11) is -1.02. The third kappa shape index (κ3) is 6.94. The van der Waals surface area contributed by atoms with E-state index in [1.807, 2.05) is 12.1 Å². The van der Waals surface area contributed by atoms with Gasteiger partial charge in [0.1, 0.15) is 18.7 Å². The van der Waals surface area contributed by atoms with Crippen LogP contribution in [0.25, 0.3) is 11.0 Å². The van der Waals surface area contributed by atoms with E-state index in [0.717, 1.165) is 62.5 Å². The largest absolute Gasteiger partial charge is 0.494 e. The maximum atomic E-state index is 13.4. The van der Waals surface area contributed by atoms with Crippen molar-refractivity contribution in [2.75, 3.05) is 75.2 Å². The molecule has 3 N–H and O–H groups in total. The number of ether oxygens (including phenoxy) is 1. The molecular weight excluding hydrogens is 653 g/mol. The van der Waals surface area contributed by atoms with Gasteiger partial charge in [0.15, 0.2) is 5.65 Å². The zero-order chi connectivity index (χ0) is 31.6. The summed E-state index contributed by atoms with van der Waals surface area (Å²) >= 11 is 3.58. The monoisotopic (exact) mass is 693 g/mol. The molecule has 0 amide bonds. The number of fused-ring (bicyclic) bond motifs is 1. The topological polar surface area (TPSA) is 120 Å². The molecule has 11 nitrogen and oxygen atoms in total. The molecule has 13 heteroatoms. The average Bonchev–Trinajstić information content (AvgIpc) is 3.06. The molecule has 2 aliphatic rings. The van der Waals surface area contributed by atoms with E-state index in [9.17, 15) is 4.57 Å². The number of piperazine rings is 1. The van der Waals surface area contributed by atoms with Crippen LogP contribution in [0.1, 0.15) is 25.3 Å². The van der Waals surface area contributed by atoms with Crippen molar-refractivity contribution in [1.82, 2.24) is 30.2 Å². The highest BCUT2D eigenvalue weighted by Gasteiger charge is 2.27. The first-order chi connectivity index (χ1) is 21.7. The van der Waals surface area contributed by atoms with Gasteiger partial charge < -0.3 is 30.2 Å². The van der Waals surface area contributed by atoms with Crippen molar-refractivity contribution < 1.29 is 9.30 Å². The van der Waals surface area contributed by atoms with Crippen molar-refractivity contribution in [1.29, 1.82) is 0 Å².